The Kier molecular flexibility index (Phi) is 5.20. The molecule has 0 radical (unpaired) electrons. The molecule has 27 heavy (non-hydrogen) atoms. The number of aryl methyl sites for hydroxylation is 2. The average molecular weight is 409 g/mol. The maximum atomic E-state index is 13.3. The molecular formula is C17H20N4O4S2. The van der Waals surface area contributed by atoms with E-state index in [2.05, 4.69) is 4.98 Å². The molecule has 0 bridgehead atoms. The molecule has 1 atom stereocenters. The van der Waals surface area contributed by atoms with E-state index in [4.69, 9.17) is 10.5 Å². The van der Waals surface area contributed by atoms with Crippen molar-refractivity contribution in [1.82, 2.24) is 14.9 Å². The predicted molar refractivity (Wildman–Crippen MR) is 103 cm³/mol. The molecular weight excluding hydrogens is 388 g/mol. The van der Waals surface area contributed by atoms with Gasteiger partial charge in [-0.3, -0.25) is 19.5 Å². The number of amides is 3. The van der Waals surface area contributed by atoms with Crippen molar-refractivity contribution in [3.63, 3.8) is 0 Å². The van der Waals surface area contributed by atoms with Crippen molar-refractivity contribution in [2.45, 2.75) is 49.9 Å². The lowest BCUT2D eigenvalue weighted by atomic mass is 10.2. The lowest BCUT2D eigenvalue weighted by Gasteiger charge is -2.15. The van der Waals surface area contributed by atoms with E-state index >= 15 is 0 Å². The van der Waals surface area contributed by atoms with Gasteiger partial charge in [-0.2, -0.15) is 0 Å². The van der Waals surface area contributed by atoms with E-state index in [-0.39, 0.29) is 17.4 Å². The summed E-state index contributed by atoms with van der Waals surface area (Å²) in [4.78, 5) is 42.5. The summed E-state index contributed by atoms with van der Waals surface area (Å²) in [6.07, 6.45) is 4.84. The Labute approximate surface area is 163 Å². The number of fused-ring (bicyclic) bond motifs is 3. The molecule has 1 aliphatic heterocycles. The highest BCUT2D eigenvalue weighted by Crippen LogP contribution is 2.35. The van der Waals surface area contributed by atoms with Gasteiger partial charge in [-0.1, -0.05) is 11.8 Å². The summed E-state index contributed by atoms with van der Waals surface area (Å²) >= 11 is 2.70. The highest BCUT2D eigenvalue weighted by molar-refractivity contribution is 7.99. The van der Waals surface area contributed by atoms with E-state index in [1.807, 2.05) is 5.32 Å². The average Bonchev–Trinajstić information content (AvgIpc) is 3.32. The number of aromatic nitrogens is 2. The lowest BCUT2D eigenvalue weighted by Crippen LogP contribution is -2.36. The van der Waals surface area contributed by atoms with E-state index < -0.39 is 11.9 Å². The van der Waals surface area contributed by atoms with Crippen LogP contribution in [0.1, 0.15) is 29.7 Å². The van der Waals surface area contributed by atoms with Crippen molar-refractivity contribution in [3.05, 3.63) is 20.8 Å². The maximum absolute atomic E-state index is 13.3. The van der Waals surface area contributed by atoms with Crippen LogP contribution in [0.2, 0.25) is 0 Å². The third kappa shape index (κ3) is 3.74. The van der Waals surface area contributed by atoms with Crippen molar-refractivity contribution in [1.29, 1.82) is 0 Å². The minimum Gasteiger partial charge on any atom is -0.376 e. The van der Waals surface area contributed by atoms with Gasteiger partial charge in [-0.15, -0.1) is 11.3 Å². The number of thioether (sulfide) groups is 1. The van der Waals surface area contributed by atoms with Crippen LogP contribution in [-0.4, -0.2) is 40.0 Å². The van der Waals surface area contributed by atoms with E-state index in [0.29, 0.717) is 18.3 Å². The molecule has 1 saturated heterocycles. The fourth-order valence-electron chi connectivity index (χ4n) is 3.62. The highest BCUT2D eigenvalue weighted by atomic mass is 32.2. The number of rotatable bonds is 5. The first-order valence-electron chi connectivity index (χ1n) is 8.91. The number of hydrogen-bond acceptors (Lipinski definition) is 7. The van der Waals surface area contributed by atoms with Crippen LogP contribution >= 0.6 is 23.1 Å². The fraction of sp³-hybridized carbons (Fsp3) is 0.529. The first-order chi connectivity index (χ1) is 13.0. The Morgan fingerprint density at radius 1 is 1.37 bits per heavy atom. The number of carbonyl (C=O) groups is 2. The van der Waals surface area contributed by atoms with Gasteiger partial charge in [0.15, 0.2) is 5.16 Å². The second-order valence-electron chi connectivity index (χ2n) is 6.68. The molecule has 144 valence electrons. The number of ether oxygens (including phenoxy) is 1. The van der Waals surface area contributed by atoms with Crippen LogP contribution in [0.25, 0.3) is 10.2 Å². The van der Waals surface area contributed by atoms with E-state index in [9.17, 15) is 14.4 Å². The van der Waals surface area contributed by atoms with Gasteiger partial charge in [-0.25, -0.2) is 9.78 Å². The summed E-state index contributed by atoms with van der Waals surface area (Å²) in [5.41, 5.74) is 6.05. The van der Waals surface area contributed by atoms with Gasteiger partial charge in [0.1, 0.15) is 4.83 Å². The number of hydrogen-bond donors (Lipinski definition) is 2. The normalized spacial score (nSPS) is 18.7. The van der Waals surface area contributed by atoms with Crippen LogP contribution < -0.4 is 16.6 Å². The Hall–Kier alpha value is -1.91. The van der Waals surface area contributed by atoms with Gasteiger partial charge >= 0.3 is 6.03 Å². The zero-order valence-electron chi connectivity index (χ0n) is 14.7. The predicted octanol–water partition coefficient (Wildman–Crippen LogP) is 1.41. The number of nitrogens with one attached hydrogen (secondary N) is 1. The first-order valence-corrected chi connectivity index (χ1v) is 10.7. The quantitative estimate of drug-likeness (QED) is 0.571. The monoisotopic (exact) mass is 408 g/mol. The van der Waals surface area contributed by atoms with E-state index in [1.165, 1.54) is 4.88 Å². The van der Waals surface area contributed by atoms with E-state index in [0.717, 1.165) is 59.6 Å². The summed E-state index contributed by atoms with van der Waals surface area (Å²) in [5.74, 6) is -0.559. The molecule has 3 N–H and O–H groups in total. The van der Waals surface area contributed by atoms with Crippen LogP contribution in [0.15, 0.2) is 9.95 Å². The number of urea groups is 1. The SMILES string of the molecule is NC(=O)NC(=O)CSc1nc2sc3c(c2c(=O)n1C[C@H]1CCCO1)CCC3. The van der Waals surface area contributed by atoms with Gasteiger partial charge in [0, 0.05) is 11.5 Å². The first kappa shape index (κ1) is 18.5. The zero-order chi connectivity index (χ0) is 19.0. The molecule has 0 aromatic carbocycles. The zero-order valence-corrected chi connectivity index (χ0v) is 16.3. The topological polar surface area (TPSA) is 116 Å². The number of imide groups is 1. The van der Waals surface area contributed by atoms with Gasteiger partial charge in [0.2, 0.25) is 5.91 Å². The van der Waals surface area contributed by atoms with Crippen molar-refractivity contribution in [3.8, 4) is 0 Å². The highest BCUT2D eigenvalue weighted by Gasteiger charge is 2.25. The third-order valence-electron chi connectivity index (χ3n) is 4.80. The third-order valence-corrected chi connectivity index (χ3v) is 6.96. The van der Waals surface area contributed by atoms with Crippen LogP contribution in [-0.2, 0) is 28.9 Å². The van der Waals surface area contributed by atoms with Crippen molar-refractivity contribution < 1.29 is 14.3 Å². The Bertz CT molecular complexity index is 962. The van der Waals surface area contributed by atoms with Crippen LogP contribution in [0, 0.1) is 0 Å². The molecule has 4 rings (SSSR count). The second-order valence-corrected chi connectivity index (χ2v) is 8.71. The number of nitrogens with zero attached hydrogens (tertiary/aromatic N) is 2. The largest absolute Gasteiger partial charge is 0.376 e. The van der Waals surface area contributed by atoms with Gasteiger partial charge in [0.05, 0.1) is 23.8 Å². The summed E-state index contributed by atoms with van der Waals surface area (Å²) < 4.78 is 7.33. The molecule has 8 nitrogen and oxygen atoms in total. The molecule has 2 aromatic rings. The fourth-order valence-corrected chi connectivity index (χ4v) is 5.74. The van der Waals surface area contributed by atoms with Crippen LogP contribution in [0.3, 0.4) is 0 Å². The van der Waals surface area contributed by atoms with Gasteiger partial charge < -0.3 is 10.5 Å². The lowest BCUT2D eigenvalue weighted by molar-refractivity contribution is -0.117. The van der Waals surface area contributed by atoms with Crippen molar-refractivity contribution in [2.24, 2.45) is 5.73 Å². The molecule has 10 heteroatoms. The number of primary amides is 1. The van der Waals surface area contributed by atoms with E-state index in [1.54, 1.807) is 15.9 Å². The standard InChI is InChI=1S/C17H20N4O4S2/c18-16(24)19-12(22)8-26-17-20-14-13(10-4-1-5-11(10)27-14)15(23)21(17)7-9-3-2-6-25-9/h9H,1-8H2,(H3,18,19,22,24)/t9-/m1/s1. The Morgan fingerprint density at radius 3 is 2.96 bits per heavy atom. The van der Waals surface area contributed by atoms with Crippen molar-refractivity contribution in [2.75, 3.05) is 12.4 Å². The summed E-state index contributed by atoms with van der Waals surface area (Å²) in [6.45, 7) is 1.12. The van der Waals surface area contributed by atoms with Gasteiger partial charge in [-0.05, 0) is 37.7 Å². The molecule has 3 heterocycles. The second kappa shape index (κ2) is 7.61. The smallest absolute Gasteiger partial charge is 0.318 e. The maximum Gasteiger partial charge on any atom is 0.318 e. The molecule has 2 aromatic heterocycles. The van der Waals surface area contributed by atoms with Gasteiger partial charge in [0.25, 0.3) is 5.56 Å². The van der Waals surface area contributed by atoms with Crippen LogP contribution in [0.5, 0.6) is 0 Å². The molecule has 1 aliphatic carbocycles. The molecule has 1 fully saturated rings. The molecule has 0 unspecified atom stereocenters. The Morgan fingerprint density at radius 2 is 2.22 bits per heavy atom. The Balaban J connectivity index is 1.70. The molecule has 0 spiro atoms. The number of carbonyl (C=O) groups excluding carboxylic acids is 2. The summed E-state index contributed by atoms with van der Waals surface area (Å²) in [6, 6.07) is -0.893. The number of nitrogens with two attached hydrogens (primary N) is 1. The molecule has 3 amide bonds. The minimum atomic E-state index is -0.893. The molecule has 0 saturated carbocycles. The number of thiophene rings is 1. The van der Waals surface area contributed by atoms with Crippen molar-refractivity contribution >= 4 is 45.3 Å². The van der Waals surface area contributed by atoms with Crippen LogP contribution in [0.4, 0.5) is 4.79 Å². The summed E-state index contributed by atoms with van der Waals surface area (Å²) in [7, 11) is 0. The summed E-state index contributed by atoms with van der Waals surface area (Å²) in [5, 5.41) is 3.22. The molecule has 2 aliphatic rings. The minimum absolute atomic E-state index is 0.0209.